The Morgan fingerprint density at radius 2 is 1.79 bits per heavy atom. The number of rotatable bonds is 4. The van der Waals surface area contributed by atoms with Crippen molar-refractivity contribution in [2.45, 2.75) is 32.3 Å². The zero-order valence-electron chi connectivity index (χ0n) is 16.0. The van der Waals surface area contributed by atoms with E-state index >= 15 is 0 Å². The van der Waals surface area contributed by atoms with Crippen molar-refractivity contribution in [2.24, 2.45) is 10.1 Å². The van der Waals surface area contributed by atoms with Gasteiger partial charge in [0.05, 0.1) is 11.4 Å². The molecule has 0 fully saturated rings. The molecule has 0 spiro atoms. The van der Waals surface area contributed by atoms with Gasteiger partial charge in [-0.1, -0.05) is 24.3 Å². The van der Waals surface area contributed by atoms with E-state index in [-0.39, 0.29) is 5.75 Å². The lowest BCUT2D eigenvalue weighted by Crippen LogP contribution is -2.15. The minimum atomic E-state index is -2.83. The highest BCUT2D eigenvalue weighted by Crippen LogP contribution is 2.26. The predicted octanol–water partition coefficient (Wildman–Crippen LogP) is 5.33. The second-order valence-corrected chi connectivity index (χ2v) is 7.59. The molecule has 0 atom stereocenters. The second kappa shape index (κ2) is 8.69. The highest BCUT2D eigenvalue weighted by atomic mass is 32.1. The van der Waals surface area contributed by atoms with Crippen LogP contribution in [0.15, 0.2) is 64.0 Å². The highest BCUT2D eigenvalue weighted by molar-refractivity contribution is 7.07. The van der Waals surface area contributed by atoms with Crippen molar-refractivity contribution < 1.29 is 13.5 Å². The third kappa shape index (κ3) is 4.29. The van der Waals surface area contributed by atoms with E-state index in [0.29, 0.717) is 0 Å². The molecule has 0 saturated heterocycles. The maximum absolute atomic E-state index is 12.4. The molecule has 150 valence electrons. The summed E-state index contributed by atoms with van der Waals surface area (Å²) >= 11 is 1.50. The first-order chi connectivity index (χ1) is 14.2. The fourth-order valence-electron chi connectivity index (χ4n) is 3.54. The largest absolute Gasteiger partial charge is 0.435 e. The number of benzene rings is 2. The summed E-state index contributed by atoms with van der Waals surface area (Å²) in [6.45, 7) is -2.83. The van der Waals surface area contributed by atoms with E-state index in [0.717, 1.165) is 47.5 Å². The molecular weight excluding hydrogens is 392 g/mol. The minimum absolute atomic E-state index is 0.134. The molecule has 0 aliphatic heterocycles. The molecule has 1 aromatic heterocycles. The van der Waals surface area contributed by atoms with Crippen LogP contribution in [-0.2, 0) is 6.42 Å². The number of aromatic nitrogens is 1. The van der Waals surface area contributed by atoms with Gasteiger partial charge in [0.25, 0.3) is 0 Å². The molecule has 3 aromatic rings. The van der Waals surface area contributed by atoms with Crippen molar-refractivity contribution in [3.05, 3.63) is 69.8 Å². The van der Waals surface area contributed by atoms with Crippen LogP contribution < -0.4 is 9.54 Å². The summed E-state index contributed by atoms with van der Waals surface area (Å²) < 4.78 is 31.1. The quantitative estimate of drug-likeness (QED) is 0.533. The first-order valence-corrected chi connectivity index (χ1v) is 10.4. The van der Waals surface area contributed by atoms with Crippen molar-refractivity contribution in [2.75, 3.05) is 7.05 Å². The molecule has 0 unspecified atom stereocenters. The third-order valence-corrected chi connectivity index (χ3v) is 5.82. The van der Waals surface area contributed by atoms with Crippen molar-refractivity contribution in [3.8, 4) is 17.0 Å². The monoisotopic (exact) mass is 413 g/mol. The van der Waals surface area contributed by atoms with E-state index < -0.39 is 6.61 Å². The van der Waals surface area contributed by atoms with Crippen molar-refractivity contribution in [1.29, 1.82) is 0 Å². The highest BCUT2D eigenvalue weighted by Gasteiger charge is 2.16. The van der Waals surface area contributed by atoms with Gasteiger partial charge < -0.3 is 4.74 Å². The Hall–Kier alpha value is -2.80. The number of hydrogen-bond acceptors (Lipinski definition) is 4. The summed E-state index contributed by atoms with van der Waals surface area (Å²) in [5.74, 6) is 0.134. The van der Waals surface area contributed by atoms with Crippen LogP contribution in [0.3, 0.4) is 0 Å². The van der Waals surface area contributed by atoms with Gasteiger partial charge in [0.2, 0.25) is 4.80 Å². The molecule has 2 aromatic carbocycles. The molecule has 1 aliphatic rings. The van der Waals surface area contributed by atoms with E-state index in [9.17, 15) is 8.78 Å². The predicted molar refractivity (Wildman–Crippen MR) is 112 cm³/mol. The summed E-state index contributed by atoms with van der Waals surface area (Å²) in [5.41, 5.74) is 5.30. The van der Waals surface area contributed by atoms with Crippen LogP contribution in [0.4, 0.5) is 8.78 Å². The smallest absolute Gasteiger partial charge is 0.387 e. The molecular formula is C22H21F2N3OS. The summed E-state index contributed by atoms with van der Waals surface area (Å²) in [6, 6.07) is 15.0. The van der Waals surface area contributed by atoms with Crippen LogP contribution in [0.25, 0.3) is 11.3 Å². The Morgan fingerprint density at radius 3 is 2.55 bits per heavy atom. The Kier molecular flexibility index (Phi) is 5.85. The number of ether oxygens (including phenoxy) is 1. The molecule has 4 nitrogen and oxygen atoms in total. The van der Waals surface area contributed by atoms with Crippen molar-refractivity contribution in [3.63, 3.8) is 0 Å². The van der Waals surface area contributed by atoms with Crippen molar-refractivity contribution in [1.82, 2.24) is 4.68 Å². The fraction of sp³-hybridized carbons (Fsp3) is 0.273. The number of alkyl halides is 2. The van der Waals surface area contributed by atoms with E-state index in [2.05, 4.69) is 27.9 Å². The number of nitrogens with zero attached hydrogens (tertiary/aromatic N) is 3. The number of fused-ring (bicyclic) bond motifs is 1. The molecule has 1 heterocycles. The van der Waals surface area contributed by atoms with Gasteiger partial charge >= 0.3 is 6.61 Å². The second-order valence-electron chi connectivity index (χ2n) is 6.75. The van der Waals surface area contributed by atoms with Crippen LogP contribution in [0.1, 0.15) is 30.4 Å². The Bertz CT molecular complexity index is 1080. The molecule has 1 aliphatic carbocycles. The molecule has 0 radical (unpaired) electrons. The SMILES string of the molecule is CN=c1scc(-c2ccc(OC(F)F)cc2)n1/N=C1\CCCCc2ccccc21. The lowest BCUT2D eigenvalue weighted by Gasteiger charge is -2.10. The fourth-order valence-corrected chi connectivity index (χ4v) is 4.34. The maximum Gasteiger partial charge on any atom is 0.387 e. The average molecular weight is 413 g/mol. The zero-order valence-corrected chi connectivity index (χ0v) is 16.8. The average Bonchev–Trinajstić information content (AvgIpc) is 3.01. The van der Waals surface area contributed by atoms with E-state index in [1.165, 1.54) is 22.5 Å². The molecule has 4 rings (SSSR count). The van der Waals surface area contributed by atoms with Gasteiger partial charge in [0.15, 0.2) is 0 Å². The molecule has 29 heavy (non-hydrogen) atoms. The number of halogens is 2. The van der Waals surface area contributed by atoms with Gasteiger partial charge in [-0.2, -0.15) is 13.9 Å². The van der Waals surface area contributed by atoms with Gasteiger partial charge in [-0.15, -0.1) is 11.3 Å². The summed E-state index contributed by atoms with van der Waals surface area (Å²) in [6.07, 6.45) is 4.20. The number of aryl methyl sites for hydroxylation is 1. The van der Waals surface area contributed by atoms with Crippen LogP contribution in [-0.4, -0.2) is 24.0 Å². The Labute approximate surface area is 171 Å². The van der Waals surface area contributed by atoms with Gasteiger partial charge in [-0.05, 0) is 55.5 Å². The Balaban J connectivity index is 1.78. The minimum Gasteiger partial charge on any atom is -0.435 e. The van der Waals surface area contributed by atoms with Gasteiger partial charge in [-0.25, -0.2) is 4.68 Å². The number of thiazole rings is 1. The molecule has 7 heteroatoms. The third-order valence-electron chi connectivity index (χ3n) is 4.91. The standard InChI is InChI=1S/C22H21F2N3OS/c1-25-22-27(26-19-9-5-3-7-15-6-2-4-8-18(15)19)20(14-29-22)16-10-12-17(13-11-16)28-21(23)24/h2,4,6,8,10-14,21H,3,5,7,9H2,1H3/b25-22?,26-19+. The first kappa shape index (κ1) is 19.5. The lowest BCUT2D eigenvalue weighted by molar-refractivity contribution is -0.0498. The van der Waals surface area contributed by atoms with E-state index in [4.69, 9.17) is 5.10 Å². The molecule has 0 bridgehead atoms. The maximum atomic E-state index is 12.4. The lowest BCUT2D eigenvalue weighted by atomic mass is 10.0. The summed E-state index contributed by atoms with van der Waals surface area (Å²) in [5, 5.41) is 6.98. The molecule has 0 amide bonds. The Morgan fingerprint density at radius 1 is 1.03 bits per heavy atom. The zero-order chi connectivity index (χ0) is 20.2. The summed E-state index contributed by atoms with van der Waals surface area (Å²) in [4.78, 5) is 5.15. The topological polar surface area (TPSA) is 38.9 Å². The normalized spacial score (nSPS) is 16.1. The van der Waals surface area contributed by atoms with Gasteiger partial charge in [0.1, 0.15) is 5.75 Å². The molecule has 0 N–H and O–H groups in total. The van der Waals surface area contributed by atoms with Crippen LogP contribution in [0.2, 0.25) is 0 Å². The first-order valence-electron chi connectivity index (χ1n) is 9.50. The van der Waals surface area contributed by atoms with Crippen LogP contribution in [0, 0.1) is 0 Å². The van der Waals surface area contributed by atoms with Crippen LogP contribution in [0.5, 0.6) is 5.75 Å². The van der Waals surface area contributed by atoms with Gasteiger partial charge in [-0.3, -0.25) is 4.99 Å². The molecule has 0 saturated carbocycles. The van der Waals surface area contributed by atoms with Crippen LogP contribution >= 0.6 is 11.3 Å². The van der Waals surface area contributed by atoms with E-state index in [1.807, 2.05) is 16.1 Å². The van der Waals surface area contributed by atoms with E-state index in [1.54, 1.807) is 31.3 Å². The summed E-state index contributed by atoms with van der Waals surface area (Å²) in [7, 11) is 1.74. The van der Waals surface area contributed by atoms with Crippen molar-refractivity contribution >= 4 is 17.0 Å². The van der Waals surface area contributed by atoms with Gasteiger partial charge in [0, 0.05) is 23.6 Å². The number of hydrogen-bond donors (Lipinski definition) is 0.